The molecule has 0 bridgehead atoms. The van der Waals surface area contributed by atoms with Crippen molar-refractivity contribution >= 4 is 21.9 Å². The van der Waals surface area contributed by atoms with Crippen molar-refractivity contribution in [2.75, 3.05) is 18.0 Å². The number of hydrogen-bond donors (Lipinski definition) is 3. The number of halogens is 2. The quantitative estimate of drug-likeness (QED) is 0.676. The Hall–Kier alpha value is -2.01. The van der Waals surface area contributed by atoms with Crippen LogP contribution in [0.2, 0.25) is 0 Å². The van der Waals surface area contributed by atoms with Crippen molar-refractivity contribution in [2.24, 2.45) is 0 Å². The molecule has 1 aliphatic heterocycles. The molecule has 0 atom stereocenters. The van der Waals surface area contributed by atoms with Crippen LogP contribution >= 0.6 is 0 Å². The molecule has 0 aromatic carbocycles. The Labute approximate surface area is 162 Å². The van der Waals surface area contributed by atoms with Gasteiger partial charge in [0.1, 0.15) is 10.7 Å². The topological polar surface area (TPSA) is 112 Å². The highest BCUT2D eigenvalue weighted by Gasteiger charge is 2.34. The fourth-order valence-corrected chi connectivity index (χ4v) is 4.85. The highest BCUT2D eigenvalue weighted by atomic mass is 32.2. The molecule has 0 spiro atoms. The van der Waals surface area contributed by atoms with Crippen LogP contribution in [-0.2, 0) is 10.0 Å². The number of nitrogens with zero attached hydrogens (tertiary/aromatic N) is 2. The molecule has 1 saturated heterocycles. The first-order valence-electron chi connectivity index (χ1n) is 9.25. The summed E-state index contributed by atoms with van der Waals surface area (Å²) in [6, 6.07) is 2.54. The smallest absolute Gasteiger partial charge is 0.404 e. The van der Waals surface area contributed by atoms with Gasteiger partial charge >= 0.3 is 6.09 Å². The molecule has 1 aliphatic carbocycles. The number of aromatic nitrogens is 1. The van der Waals surface area contributed by atoms with Gasteiger partial charge in [-0.25, -0.2) is 31.7 Å². The van der Waals surface area contributed by atoms with Crippen molar-refractivity contribution < 1.29 is 27.1 Å². The van der Waals surface area contributed by atoms with E-state index >= 15 is 0 Å². The number of carbonyl (C=O) groups is 1. The summed E-state index contributed by atoms with van der Waals surface area (Å²) in [5, 5.41) is 11.2. The molecular weight excluding hydrogens is 394 g/mol. The van der Waals surface area contributed by atoms with E-state index in [9.17, 15) is 22.0 Å². The lowest BCUT2D eigenvalue weighted by atomic mass is 9.92. The normalized spacial score (nSPS) is 25.3. The molecule has 0 radical (unpaired) electrons. The van der Waals surface area contributed by atoms with Crippen LogP contribution in [-0.4, -0.2) is 55.7 Å². The molecule has 1 amide bonds. The number of nitrogens with one attached hydrogen (secondary N) is 2. The zero-order valence-corrected chi connectivity index (χ0v) is 16.1. The molecule has 3 N–H and O–H groups in total. The van der Waals surface area contributed by atoms with Crippen molar-refractivity contribution in [1.82, 2.24) is 15.0 Å². The first-order valence-corrected chi connectivity index (χ1v) is 10.7. The van der Waals surface area contributed by atoms with Crippen LogP contribution in [0.5, 0.6) is 0 Å². The third kappa shape index (κ3) is 5.28. The van der Waals surface area contributed by atoms with E-state index in [2.05, 4.69) is 15.0 Å². The summed E-state index contributed by atoms with van der Waals surface area (Å²) in [4.78, 5) is 16.5. The number of pyridine rings is 1. The minimum absolute atomic E-state index is 0.0179. The van der Waals surface area contributed by atoms with Crippen molar-refractivity contribution in [3.05, 3.63) is 18.3 Å². The Morgan fingerprint density at radius 2 is 1.75 bits per heavy atom. The Morgan fingerprint density at radius 3 is 2.29 bits per heavy atom. The number of carboxylic acid groups (broad SMARTS) is 1. The lowest BCUT2D eigenvalue weighted by Gasteiger charge is -2.32. The second kappa shape index (κ2) is 8.16. The number of rotatable bonds is 5. The molecule has 11 heteroatoms. The average Bonchev–Trinajstić information content (AvgIpc) is 2.63. The monoisotopic (exact) mass is 418 g/mol. The van der Waals surface area contributed by atoms with E-state index in [1.54, 1.807) is 4.90 Å². The largest absolute Gasteiger partial charge is 0.465 e. The second-order valence-electron chi connectivity index (χ2n) is 7.31. The first kappa shape index (κ1) is 20.7. The van der Waals surface area contributed by atoms with E-state index in [4.69, 9.17) is 5.11 Å². The molecular formula is C17H24F2N4O4S. The maximum Gasteiger partial charge on any atom is 0.404 e. The number of sulfonamides is 1. The summed E-state index contributed by atoms with van der Waals surface area (Å²) in [5.41, 5.74) is 0. The number of piperidine rings is 1. The highest BCUT2D eigenvalue weighted by molar-refractivity contribution is 7.89. The van der Waals surface area contributed by atoms with Crippen molar-refractivity contribution in [3.8, 4) is 0 Å². The standard InChI is InChI=1S/C17H24F2N4O4S/c18-17(19)7-9-23(10-8-17)15-6-5-14(11-20-15)28(26,27)22-13-3-1-12(2-4-13)21-16(24)25/h5-6,11-13,21-22H,1-4,7-10H2,(H,24,25)/t12-,13-. The third-order valence-electron chi connectivity index (χ3n) is 5.23. The lowest BCUT2D eigenvalue weighted by molar-refractivity contribution is -0.0221. The number of anilines is 1. The SMILES string of the molecule is O=C(O)N[C@H]1CC[C@H](NS(=O)(=O)c2ccc(N3CCC(F)(F)CC3)nc2)CC1. The van der Waals surface area contributed by atoms with Crippen LogP contribution in [0.3, 0.4) is 0 Å². The lowest BCUT2D eigenvalue weighted by Crippen LogP contribution is -2.43. The zero-order valence-electron chi connectivity index (χ0n) is 15.3. The van der Waals surface area contributed by atoms with Gasteiger partial charge in [-0.3, -0.25) is 0 Å². The Balaban J connectivity index is 1.56. The molecule has 2 aliphatic rings. The number of hydrogen-bond acceptors (Lipinski definition) is 5. The van der Waals surface area contributed by atoms with E-state index in [0.717, 1.165) is 0 Å². The molecule has 2 heterocycles. The predicted molar refractivity (Wildman–Crippen MR) is 98.2 cm³/mol. The van der Waals surface area contributed by atoms with Gasteiger partial charge in [-0.2, -0.15) is 0 Å². The van der Waals surface area contributed by atoms with Crippen LogP contribution in [0.25, 0.3) is 0 Å². The van der Waals surface area contributed by atoms with Gasteiger partial charge in [-0.1, -0.05) is 0 Å². The number of alkyl halides is 2. The predicted octanol–water partition coefficient (Wildman–Crippen LogP) is 2.17. The van der Waals surface area contributed by atoms with E-state index in [-0.39, 0.29) is 42.9 Å². The van der Waals surface area contributed by atoms with Gasteiger partial charge in [-0.05, 0) is 37.8 Å². The summed E-state index contributed by atoms with van der Waals surface area (Å²) < 4.78 is 54.3. The summed E-state index contributed by atoms with van der Waals surface area (Å²) >= 11 is 0. The van der Waals surface area contributed by atoms with E-state index in [1.807, 2.05) is 0 Å². The maximum absolute atomic E-state index is 13.3. The van der Waals surface area contributed by atoms with E-state index < -0.39 is 22.0 Å². The van der Waals surface area contributed by atoms with Gasteiger partial charge < -0.3 is 15.3 Å². The summed E-state index contributed by atoms with van der Waals surface area (Å²) in [6.45, 7) is 0.357. The van der Waals surface area contributed by atoms with Crippen molar-refractivity contribution in [3.63, 3.8) is 0 Å². The molecule has 1 saturated carbocycles. The van der Waals surface area contributed by atoms with Crippen LogP contribution in [0, 0.1) is 0 Å². The zero-order chi connectivity index (χ0) is 20.4. The highest BCUT2D eigenvalue weighted by Crippen LogP contribution is 2.30. The van der Waals surface area contributed by atoms with Crippen LogP contribution < -0.4 is 14.9 Å². The molecule has 8 nitrogen and oxygen atoms in total. The van der Waals surface area contributed by atoms with Crippen LogP contribution in [0.4, 0.5) is 19.4 Å². The van der Waals surface area contributed by atoms with E-state index in [0.29, 0.717) is 31.5 Å². The second-order valence-corrected chi connectivity index (χ2v) is 9.03. The van der Waals surface area contributed by atoms with Gasteiger partial charge in [0.15, 0.2) is 0 Å². The maximum atomic E-state index is 13.3. The van der Waals surface area contributed by atoms with Gasteiger partial charge in [0.25, 0.3) is 5.92 Å². The number of amides is 1. The molecule has 28 heavy (non-hydrogen) atoms. The summed E-state index contributed by atoms with van der Waals surface area (Å²) in [6.07, 6.45) is 1.89. The fraction of sp³-hybridized carbons (Fsp3) is 0.647. The van der Waals surface area contributed by atoms with Gasteiger partial charge in [0.05, 0.1) is 0 Å². The first-order chi connectivity index (χ1) is 13.1. The molecule has 0 unspecified atom stereocenters. The minimum Gasteiger partial charge on any atom is -0.465 e. The van der Waals surface area contributed by atoms with E-state index in [1.165, 1.54) is 18.3 Å². The van der Waals surface area contributed by atoms with Crippen LogP contribution in [0.1, 0.15) is 38.5 Å². The molecule has 1 aromatic heterocycles. The molecule has 2 fully saturated rings. The average molecular weight is 418 g/mol. The Bertz CT molecular complexity index is 786. The minimum atomic E-state index is -3.75. The van der Waals surface area contributed by atoms with Crippen molar-refractivity contribution in [1.29, 1.82) is 0 Å². The Kier molecular flexibility index (Phi) is 6.04. The van der Waals surface area contributed by atoms with Gasteiger partial charge in [0.2, 0.25) is 10.0 Å². The van der Waals surface area contributed by atoms with Crippen molar-refractivity contribution in [2.45, 2.75) is 61.4 Å². The van der Waals surface area contributed by atoms with Gasteiger partial charge in [0, 0.05) is 44.2 Å². The summed E-state index contributed by atoms with van der Waals surface area (Å²) in [7, 11) is -3.75. The Morgan fingerprint density at radius 1 is 1.14 bits per heavy atom. The fourth-order valence-electron chi connectivity index (χ4n) is 3.60. The molecule has 1 aromatic rings. The molecule has 156 valence electrons. The third-order valence-corrected chi connectivity index (χ3v) is 6.73. The molecule has 3 rings (SSSR count). The summed E-state index contributed by atoms with van der Waals surface area (Å²) in [5.74, 6) is -2.17. The van der Waals surface area contributed by atoms with Gasteiger partial charge in [-0.15, -0.1) is 0 Å². The van der Waals surface area contributed by atoms with Crippen LogP contribution in [0.15, 0.2) is 23.2 Å².